The quantitative estimate of drug-likeness (QED) is 0.584. The van der Waals surface area contributed by atoms with Crippen molar-refractivity contribution in [3.8, 4) is 0 Å². The van der Waals surface area contributed by atoms with E-state index in [1.165, 1.54) is 6.07 Å². The van der Waals surface area contributed by atoms with Crippen LogP contribution in [0.15, 0.2) is 54.6 Å². The van der Waals surface area contributed by atoms with Crippen LogP contribution in [-0.4, -0.2) is 18.3 Å². The van der Waals surface area contributed by atoms with Crippen LogP contribution in [0.4, 0.5) is 4.39 Å². The van der Waals surface area contributed by atoms with Gasteiger partial charge in [0.05, 0.1) is 11.2 Å². The Balaban J connectivity index is 2.08. The van der Waals surface area contributed by atoms with Gasteiger partial charge in [0.1, 0.15) is 5.82 Å². The molecule has 2 aromatic carbocycles. The number of hydrogen-bond donors (Lipinski definition) is 0. The average molecular weight is 324 g/mol. The fourth-order valence-corrected chi connectivity index (χ4v) is 2.67. The Bertz CT molecular complexity index is 737. The molecule has 4 heteroatoms. The highest BCUT2D eigenvalue weighted by Gasteiger charge is 2.52. The molecule has 1 aliphatic rings. The predicted molar refractivity (Wildman–Crippen MR) is 96.8 cm³/mol. The van der Waals surface area contributed by atoms with E-state index < -0.39 is 18.3 Å². The molecule has 1 aliphatic heterocycles. The normalized spacial score (nSPS) is 19.5. The summed E-state index contributed by atoms with van der Waals surface area (Å²) in [5, 5.41) is 0. The van der Waals surface area contributed by atoms with E-state index in [-0.39, 0.29) is 5.82 Å². The molecule has 0 radical (unpaired) electrons. The summed E-state index contributed by atoms with van der Waals surface area (Å²) < 4.78 is 26.7. The average Bonchev–Trinajstić information content (AvgIpc) is 2.75. The Labute approximate surface area is 143 Å². The Hall–Kier alpha value is -1.91. The molecular formula is C20H22BFO2. The highest BCUT2D eigenvalue weighted by molar-refractivity contribution is 6.70. The molecule has 124 valence electrons. The van der Waals surface area contributed by atoms with Gasteiger partial charge in [-0.05, 0) is 44.8 Å². The second-order valence-electron chi connectivity index (χ2n) is 7.08. The van der Waals surface area contributed by atoms with Gasteiger partial charge < -0.3 is 9.31 Å². The lowest BCUT2D eigenvalue weighted by Crippen LogP contribution is -2.41. The molecule has 0 saturated carbocycles. The first-order chi connectivity index (χ1) is 11.3. The second-order valence-corrected chi connectivity index (χ2v) is 7.08. The summed E-state index contributed by atoms with van der Waals surface area (Å²) in [5.74, 6) is -0.283. The Morgan fingerprint density at radius 1 is 0.875 bits per heavy atom. The zero-order valence-electron chi connectivity index (χ0n) is 14.5. The minimum Gasteiger partial charge on any atom is -0.399 e. The van der Waals surface area contributed by atoms with Crippen LogP contribution in [0.25, 0.3) is 11.5 Å². The van der Waals surface area contributed by atoms with Crippen LogP contribution in [0.3, 0.4) is 0 Å². The van der Waals surface area contributed by atoms with E-state index in [0.29, 0.717) is 11.0 Å². The van der Waals surface area contributed by atoms with Crippen molar-refractivity contribution in [3.05, 3.63) is 71.5 Å². The van der Waals surface area contributed by atoms with Crippen molar-refractivity contribution in [1.29, 1.82) is 0 Å². The summed E-state index contributed by atoms with van der Waals surface area (Å²) in [6.07, 6.45) is 1.93. The van der Waals surface area contributed by atoms with Crippen molar-refractivity contribution in [2.45, 2.75) is 38.9 Å². The van der Waals surface area contributed by atoms with E-state index in [4.69, 9.17) is 9.31 Å². The first-order valence-corrected chi connectivity index (χ1v) is 8.17. The molecule has 0 unspecified atom stereocenters. The van der Waals surface area contributed by atoms with Gasteiger partial charge in [0, 0.05) is 5.56 Å². The van der Waals surface area contributed by atoms with Crippen LogP contribution in [-0.2, 0) is 9.31 Å². The van der Waals surface area contributed by atoms with E-state index in [9.17, 15) is 4.39 Å². The molecule has 24 heavy (non-hydrogen) atoms. The van der Waals surface area contributed by atoms with Crippen molar-refractivity contribution < 1.29 is 13.7 Å². The van der Waals surface area contributed by atoms with Gasteiger partial charge in [0.15, 0.2) is 0 Å². The number of benzene rings is 2. The standard InChI is InChI=1S/C20H22BFO2/c1-19(2)20(3,4)24-21(23-19)17(14-15-10-6-5-7-11-15)16-12-8-9-13-18(16)22/h5-14H,1-4H3/b17-14+. The molecule has 0 aliphatic carbocycles. The van der Waals surface area contributed by atoms with Gasteiger partial charge in [-0.3, -0.25) is 0 Å². The molecule has 0 bridgehead atoms. The molecule has 1 fully saturated rings. The fraction of sp³-hybridized carbons (Fsp3) is 0.300. The molecule has 0 spiro atoms. The van der Waals surface area contributed by atoms with Crippen molar-refractivity contribution in [3.63, 3.8) is 0 Å². The second kappa shape index (κ2) is 6.19. The van der Waals surface area contributed by atoms with Gasteiger partial charge >= 0.3 is 7.12 Å². The highest BCUT2D eigenvalue weighted by atomic mass is 19.1. The fourth-order valence-electron chi connectivity index (χ4n) is 2.67. The number of rotatable bonds is 3. The van der Waals surface area contributed by atoms with Crippen LogP contribution in [0, 0.1) is 5.82 Å². The molecule has 1 heterocycles. The van der Waals surface area contributed by atoms with Crippen molar-refractivity contribution in [2.75, 3.05) is 0 Å². The highest BCUT2D eigenvalue weighted by Crippen LogP contribution is 2.41. The summed E-state index contributed by atoms with van der Waals surface area (Å²) in [4.78, 5) is 0. The first-order valence-electron chi connectivity index (χ1n) is 8.17. The third kappa shape index (κ3) is 3.17. The minimum atomic E-state index is -0.618. The zero-order chi connectivity index (χ0) is 17.4. The Morgan fingerprint density at radius 3 is 2.00 bits per heavy atom. The minimum absolute atomic E-state index is 0.283. The summed E-state index contributed by atoms with van der Waals surface area (Å²) in [6.45, 7) is 7.98. The SMILES string of the molecule is CC1(C)OB(/C(=C/c2ccccc2)c2ccccc2F)OC1(C)C. The van der Waals surface area contributed by atoms with E-state index in [1.807, 2.05) is 70.2 Å². The molecule has 0 amide bonds. The number of hydrogen-bond acceptors (Lipinski definition) is 2. The van der Waals surface area contributed by atoms with Crippen LogP contribution in [0.1, 0.15) is 38.8 Å². The molecule has 2 nitrogen and oxygen atoms in total. The van der Waals surface area contributed by atoms with E-state index in [1.54, 1.807) is 12.1 Å². The lowest BCUT2D eigenvalue weighted by atomic mass is 9.73. The van der Waals surface area contributed by atoms with Crippen LogP contribution >= 0.6 is 0 Å². The molecule has 2 aromatic rings. The molecule has 0 atom stereocenters. The molecule has 1 saturated heterocycles. The Kier molecular flexibility index (Phi) is 4.37. The van der Waals surface area contributed by atoms with Crippen molar-refractivity contribution in [2.24, 2.45) is 0 Å². The predicted octanol–water partition coefficient (Wildman–Crippen LogP) is 5.00. The zero-order valence-corrected chi connectivity index (χ0v) is 14.5. The largest absolute Gasteiger partial charge is 0.495 e. The monoisotopic (exact) mass is 324 g/mol. The van der Waals surface area contributed by atoms with Crippen LogP contribution < -0.4 is 0 Å². The lowest BCUT2D eigenvalue weighted by molar-refractivity contribution is 0.00578. The van der Waals surface area contributed by atoms with Gasteiger partial charge in [-0.1, -0.05) is 54.6 Å². The maximum Gasteiger partial charge on any atom is 0.495 e. The van der Waals surface area contributed by atoms with Crippen molar-refractivity contribution >= 4 is 18.7 Å². The van der Waals surface area contributed by atoms with Gasteiger partial charge in [-0.15, -0.1) is 0 Å². The van der Waals surface area contributed by atoms with Gasteiger partial charge in [0.25, 0.3) is 0 Å². The van der Waals surface area contributed by atoms with E-state index in [2.05, 4.69) is 0 Å². The topological polar surface area (TPSA) is 18.5 Å². The summed E-state index contributed by atoms with van der Waals surface area (Å²) in [7, 11) is -0.618. The first kappa shape index (κ1) is 16.9. The summed E-state index contributed by atoms with van der Waals surface area (Å²) in [5.41, 5.74) is 1.22. The van der Waals surface area contributed by atoms with E-state index in [0.717, 1.165) is 5.56 Å². The molecule has 0 aromatic heterocycles. The maximum absolute atomic E-state index is 14.4. The third-order valence-electron chi connectivity index (χ3n) is 4.81. The molecular weight excluding hydrogens is 302 g/mol. The summed E-state index contributed by atoms with van der Waals surface area (Å²) >= 11 is 0. The lowest BCUT2D eigenvalue weighted by Gasteiger charge is -2.32. The smallest absolute Gasteiger partial charge is 0.399 e. The van der Waals surface area contributed by atoms with Gasteiger partial charge in [-0.25, -0.2) is 4.39 Å². The van der Waals surface area contributed by atoms with Crippen LogP contribution in [0.5, 0.6) is 0 Å². The number of halogens is 1. The van der Waals surface area contributed by atoms with Gasteiger partial charge in [-0.2, -0.15) is 0 Å². The maximum atomic E-state index is 14.4. The van der Waals surface area contributed by atoms with Gasteiger partial charge in [0.2, 0.25) is 0 Å². The Morgan fingerprint density at radius 2 is 1.42 bits per heavy atom. The van der Waals surface area contributed by atoms with Crippen molar-refractivity contribution in [1.82, 2.24) is 0 Å². The summed E-state index contributed by atoms with van der Waals surface area (Å²) in [6, 6.07) is 16.5. The van der Waals surface area contributed by atoms with Crippen LogP contribution in [0.2, 0.25) is 0 Å². The van der Waals surface area contributed by atoms with E-state index >= 15 is 0 Å². The third-order valence-corrected chi connectivity index (χ3v) is 4.81. The molecule has 0 N–H and O–H groups in total. The molecule has 3 rings (SSSR count).